The fourth-order valence-corrected chi connectivity index (χ4v) is 1.60. The van der Waals surface area contributed by atoms with Crippen LogP contribution in [0.5, 0.6) is 0 Å². The first-order chi connectivity index (χ1) is 8.17. The zero-order valence-electron chi connectivity index (χ0n) is 10.8. The van der Waals surface area contributed by atoms with Gasteiger partial charge in [-0.25, -0.2) is 4.79 Å². The van der Waals surface area contributed by atoms with E-state index in [0.29, 0.717) is 0 Å². The number of ether oxygens (including phenoxy) is 1. The van der Waals surface area contributed by atoms with Gasteiger partial charge in [0.1, 0.15) is 0 Å². The molecule has 1 aromatic carbocycles. The Morgan fingerprint density at radius 2 is 1.94 bits per heavy atom. The summed E-state index contributed by atoms with van der Waals surface area (Å²) in [5, 5.41) is 0. The maximum Gasteiger partial charge on any atom is 0.333 e. The van der Waals surface area contributed by atoms with Gasteiger partial charge < -0.3 is 4.74 Å². The van der Waals surface area contributed by atoms with E-state index in [-0.39, 0.29) is 5.97 Å². The van der Waals surface area contributed by atoms with Crippen LogP contribution in [-0.4, -0.2) is 13.1 Å². The molecule has 0 amide bonds. The predicted octanol–water partition coefficient (Wildman–Crippen LogP) is 3.74. The predicted molar refractivity (Wildman–Crippen MR) is 70.7 cm³/mol. The van der Waals surface area contributed by atoms with Gasteiger partial charge in [0.15, 0.2) is 0 Å². The molecule has 0 aliphatic carbocycles. The lowest BCUT2D eigenvalue weighted by Gasteiger charge is -2.05. The molecule has 92 valence electrons. The Labute approximate surface area is 103 Å². The Morgan fingerprint density at radius 3 is 2.47 bits per heavy atom. The number of esters is 1. The SMILES string of the molecule is CCCC/C(=C\c1ccc(C)cc1)C(=O)OC. The van der Waals surface area contributed by atoms with Gasteiger partial charge in [-0.05, 0) is 31.4 Å². The van der Waals surface area contributed by atoms with Gasteiger partial charge in [0, 0.05) is 5.57 Å². The average molecular weight is 232 g/mol. The van der Waals surface area contributed by atoms with Crippen molar-refractivity contribution in [1.82, 2.24) is 0 Å². The van der Waals surface area contributed by atoms with Crippen LogP contribution in [0.2, 0.25) is 0 Å². The first kappa shape index (κ1) is 13.5. The van der Waals surface area contributed by atoms with E-state index in [1.54, 1.807) is 0 Å². The van der Waals surface area contributed by atoms with E-state index in [2.05, 4.69) is 6.92 Å². The van der Waals surface area contributed by atoms with E-state index < -0.39 is 0 Å². The number of carbonyl (C=O) groups is 1. The highest BCUT2D eigenvalue weighted by atomic mass is 16.5. The van der Waals surface area contributed by atoms with Crippen molar-refractivity contribution in [1.29, 1.82) is 0 Å². The highest BCUT2D eigenvalue weighted by Crippen LogP contribution is 2.15. The molecule has 0 N–H and O–H groups in total. The normalized spacial score (nSPS) is 11.4. The molecule has 0 atom stereocenters. The molecule has 0 saturated carbocycles. The van der Waals surface area contributed by atoms with Crippen molar-refractivity contribution in [2.75, 3.05) is 7.11 Å². The Morgan fingerprint density at radius 1 is 1.29 bits per heavy atom. The standard InChI is InChI=1S/C15H20O2/c1-4-5-6-14(15(16)17-3)11-13-9-7-12(2)8-10-13/h7-11H,4-6H2,1-3H3/b14-11+. The molecule has 0 unspecified atom stereocenters. The van der Waals surface area contributed by atoms with Crippen LogP contribution in [0.4, 0.5) is 0 Å². The van der Waals surface area contributed by atoms with Crippen molar-refractivity contribution in [3.05, 3.63) is 41.0 Å². The van der Waals surface area contributed by atoms with Crippen LogP contribution in [0.3, 0.4) is 0 Å². The van der Waals surface area contributed by atoms with E-state index in [1.807, 2.05) is 37.3 Å². The average Bonchev–Trinajstić information content (AvgIpc) is 2.36. The Bertz CT molecular complexity index is 388. The number of hydrogen-bond acceptors (Lipinski definition) is 2. The summed E-state index contributed by atoms with van der Waals surface area (Å²) in [5.41, 5.74) is 3.01. The first-order valence-corrected chi connectivity index (χ1v) is 6.03. The minimum atomic E-state index is -0.223. The molecule has 17 heavy (non-hydrogen) atoms. The highest BCUT2D eigenvalue weighted by Gasteiger charge is 2.08. The van der Waals surface area contributed by atoms with Crippen LogP contribution >= 0.6 is 0 Å². The van der Waals surface area contributed by atoms with Gasteiger partial charge in [-0.15, -0.1) is 0 Å². The molecule has 0 bridgehead atoms. The molecule has 0 fully saturated rings. The third kappa shape index (κ3) is 4.43. The van der Waals surface area contributed by atoms with E-state index in [1.165, 1.54) is 12.7 Å². The smallest absolute Gasteiger partial charge is 0.333 e. The summed E-state index contributed by atoms with van der Waals surface area (Å²) < 4.78 is 4.80. The van der Waals surface area contributed by atoms with Gasteiger partial charge in [0.2, 0.25) is 0 Å². The molecule has 0 heterocycles. The second kappa shape index (κ2) is 6.89. The number of rotatable bonds is 5. The lowest BCUT2D eigenvalue weighted by molar-refractivity contribution is -0.136. The van der Waals surface area contributed by atoms with Gasteiger partial charge >= 0.3 is 5.97 Å². The number of methoxy groups -OCH3 is 1. The molecule has 0 aromatic heterocycles. The van der Waals surface area contributed by atoms with E-state index in [4.69, 9.17) is 4.74 Å². The monoisotopic (exact) mass is 232 g/mol. The number of benzene rings is 1. The van der Waals surface area contributed by atoms with Crippen LogP contribution in [0.25, 0.3) is 6.08 Å². The molecular weight excluding hydrogens is 212 g/mol. The number of hydrogen-bond donors (Lipinski definition) is 0. The topological polar surface area (TPSA) is 26.3 Å². The number of aryl methyl sites for hydroxylation is 1. The van der Waals surface area contributed by atoms with Crippen LogP contribution in [0.15, 0.2) is 29.8 Å². The minimum Gasteiger partial charge on any atom is -0.466 e. The summed E-state index contributed by atoms with van der Waals surface area (Å²) in [7, 11) is 1.43. The van der Waals surface area contributed by atoms with Crippen LogP contribution in [0.1, 0.15) is 37.3 Å². The third-order valence-electron chi connectivity index (χ3n) is 2.67. The molecular formula is C15H20O2. The van der Waals surface area contributed by atoms with Crippen LogP contribution in [-0.2, 0) is 9.53 Å². The van der Waals surface area contributed by atoms with Crippen LogP contribution < -0.4 is 0 Å². The van der Waals surface area contributed by atoms with Crippen molar-refractivity contribution >= 4 is 12.0 Å². The summed E-state index contributed by atoms with van der Waals surface area (Å²) >= 11 is 0. The molecule has 1 rings (SSSR count). The summed E-state index contributed by atoms with van der Waals surface area (Å²) in [6.07, 6.45) is 4.77. The maximum absolute atomic E-state index is 11.6. The van der Waals surface area contributed by atoms with E-state index in [0.717, 1.165) is 30.4 Å². The number of unbranched alkanes of at least 4 members (excludes halogenated alkanes) is 1. The Balaban J connectivity index is 2.87. The van der Waals surface area contributed by atoms with Crippen LogP contribution in [0, 0.1) is 6.92 Å². The Hall–Kier alpha value is -1.57. The first-order valence-electron chi connectivity index (χ1n) is 6.03. The lowest BCUT2D eigenvalue weighted by Crippen LogP contribution is -2.04. The van der Waals surface area contributed by atoms with E-state index >= 15 is 0 Å². The fourth-order valence-electron chi connectivity index (χ4n) is 1.60. The lowest BCUT2D eigenvalue weighted by atomic mass is 10.0. The Kier molecular flexibility index (Phi) is 5.47. The van der Waals surface area contributed by atoms with Gasteiger partial charge in [0.05, 0.1) is 7.11 Å². The second-order valence-corrected chi connectivity index (χ2v) is 4.18. The quantitative estimate of drug-likeness (QED) is 0.571. The minimum absolute atomic E-state index is 0.223. The van der Waals surface area contributed by atoms with Gasteiger partial charge in [-0.3, -0.25) is 0 Å². The van der Waals surface area contributed by atoms with Crippen molar-refractivity contribution in [3.8, 4) is 0 Å². The second-order valence-electron chi connectivity index (χ2n) is 4.18. The molecule has 2 nitrogen and oxygen atoms in total. The van der Waals surface area contributed by atoms with Gasteiger partial charge in [0.25, 0.3) is 0 Å². The summed E-state index contributed by atoms with van der Waals surface area (Å²) in [5.74, 6) is -0.223. The van der Waals surface area contributed by atoms with E-state index in [9.17, 15) is 4.79 Å². The van der Waals surface area contributed by atoms with Crippen molar-refractivity contribution in [2.24, 2.45) is 0 Å². The fraction of sp³-hybridized carbons (Fsp3) is 0.400. The summed E-state index contributed by atoms with van der Waals surface area (Å²) in [4.78, 5) is 11.6. The molecule has 2 heteroatoms. The third-order valence-corrected chi connectivity index (χ3v) is 2.67. The number of carbonyl (C=O) groups excluding carboxylic acids is 1. The molecule has 0 aliphatic heterocycles. The van der Waals surface area contributed by atoms with Gasteiger partial charge in [-0.1, -0.05) is 43.2 Å². The zero-order chi connectivity index (χ0) is 12.7. The van der Waals surface area contributed by atoms with Gasteiger partial charge in [-0.2, -0.15) is 0 Å². The molecule has 0 saturated heterocycles. The van der Waals surface area contributed by atoms with Crippen molar-refractivity contribution < 1.29 is 9.53 Å². The largest absolute Gasteiger partial charge is 0.466 e. The molecule has 1 aromatic rings. The highest BCUT2D eigenvalue weighted by molar-refractivity contribution is 5.93. The summed E-state index contributed by atoms with van der Waals surface area (Å²) in [6.45, 7) is 4.16. The molecule has 0 aliphatic rings. The zero-order valence-corrected chi connectivity index (χ0v) is 10.8. The maximum atomic E-state index is 11.6. The van der Waals surface area contributed by atoms with Crippen molar-refractivity contribution in [2.45, 2.75) is 33.1 Å². The van der Waals surface area contributed by atoms with Crippen molar-refractivity contribution in [3.63, 3.8) is 0 Å². The molecule has 0 radical (unpaired) electrons. The summed E-state index contributed by atoms with van der Waals surface area (Å²) in [6, 6.07) is 8.12. The molecule has 0 spiro atoms.